The summed E-state index contributed by atoms with van der Waals surface area (Å²) in [6, 6.07) is 1.99. The van der Waals surface area contributed by atoms with Crippen LogP contribution in [0.25, 0.3) is 0 Å². The molecule has 0 aliphatic heterocycles. The minimum Gasteiger partial charge on any atom is -0.370 e. The Balaban J connectivity index is 2.53. The summed E-state index contributed by atoms with van der Waals surface area (Å²) in [5.74, 6) is 1.65. The lowest BCUT2D eigenvalue weighted by Gasteiger charge is -2.09. The van der Waals surface area contributed by atoms with E-state index in [0.717, 1.165) is 37.0 Å². The Morgan fingerprint density at radius 1 is 1.00 bits per heavy atom. The van der Waals surface area contributed by atoms with Crippen molar-refractivity contribution in [2.45, 2.75) is 46.5 Å². The molecule has 1 aromatic rings. The molecule has 4 nitrogen and oxygen atoms in total. The zero-order chi connectivity index (χ0) is 12.5. The molecule has 0 aromatic carbocycles. The predicted octanol–water partition coefficient (Wildman–Crippen LogP) is 3.21. The molecule has 4 heteroatoms. The Bertz CT molecular complexity index is 297. The lowest BCUT2D eigenvalue weighted by molar-refractivity contribution is 0.820. The van der Waals surface area contributed by atoms with Gasteiger partial charge >= 0.3 is 0 Å². The predicted molar refractivity (Wildman–Crippen MR) is 73.6 cm³/mol. The molecule has 0 saturated heterocycles. The van der Waals surface area contributed by atoms with E-state index in [2.05, 4.69) is 34.4 Å². The fourth-order valence-corrected chi connectivity index (χ4v) is 1.51. The molecule has 0 fully saturated rings. The molecule has 0 bridgehead atoms. The Kier molecular flexibility index (Phi) is 6.37. The lowest BCUT2D eigenvalue weighted by atomic mass is 10.3. The van der Waals surface area contributed by atoms with Crippen molar-refractivity contribution in [1.82, 2.24) is 9.97 Å². The molecule has 1 heterocycles. The summed E-state index contributed by atoms with van der Waals surface area (Å²) in [7, 11) is 0. The second kappa shape index (κ2) is 7.87. The molecule has 0 radical (unpaired) electrons. The number of aromatic nitrogens is 2. The van der Waals surface area contributed by atoms with Crippen LogP contribution in [-0.2, 0) is 0 Å². The molecule has 0 unspecified atom stereocenters. The molecule has 0 aliphatic carbocycles. The Labute approximate surface area is 104 Å². The number of unbranched alkanes of at least 4 members (excludes halogenated alkanes) is 2. The summed E-state index contributed by atoms with van der Waals surface area (Å²) in [5, 5.41) is 6.58. The average molecular weight is 236 g/mol. The van der Waals surface area contributed by atoms with Crippen LogP contribution < -0.4 is 10.6 Å². The van der Waals surface area contributed by atoms with Crippen LogP contribution in [0.2, 0.25) is 0 Å². The minimum absolute atomic E-state index is 0.734. The van der Waals surface area contributed by atoms with Gasteiger partial charge in [-0.3, -0.25) is 0 Å². The first-order valence-corrected chi connectivity index (χ1v) is 6.59. The van der Waals surface area contributed by atoms with Crippen molar-refractivity contribution in [3.8, 4) is 0 Å². The van der Waals surface area contributed by atoms with E-state index in [1.807, 2.05) is 13.0 Å². The van der Waals surface area contributed by atoms with Gasteiger partial charge < -0.3 is 10.6 Å². The van der Waals surface area contributed by atoms with Crippen LogP contribution in [-0.4, -0.2) is 23.1 Å². The van der Waals surface area contributed by atoms with Gasteiger partial charge in [0.25, 0.3) is 0 Å². The molecule has 0 saturated carbocycles. The van der Waals surface area contributed by atoms with Gasteiger partial charge in [-0.15, -0.1) is 0 Å². The molecule has 0 atom stereocenters. The summed E-state index contributed by atoms with van der Waals surface area (Å²) in [6.45, 7) is 8.27. The van der Waals surface area contributed by atoms with Gasteiger partial charge in [-0.05, 0) is 19.8 Å². The zero-order valence-corrected chi connectivity index (χ0v) is 11.2. The second-order valence-corrected chi connectivity index (χ2v) is 4.28. The average Bonchev–Trinajstić information content (AvgIpc) is 2.29. The maximum atomic E-state index is 4.44. The van der Waals surface area contributed by atoms with Crippen molar-refractivity contribution in [1.29, 1.82) is 0 Å². The fourth-order valence-electron chi connectivity index (χ4n) is 1.51. The highest BCUT2D eigenvalue weighted by atomic mass is 15.1. The van der Waals surface area contributed by atoms with Crippen LogP contribution >= 0.6 is 0 Å². The highest BCUT2D eigenvalue weighted by Crippen LogP contribution is 2.09. The number of rotatable bonds is 8. The van der Waals surface area contributed by atoms with E-state index in [9.17, 15) is 0 Å². The van der Waals surface area contributed by atoms with Crippen molar-refractivity contribution in [3.63, 3.8) is 0 Å². The van der Waals surface area contributed by atoms with Crippen molar-refractivity contribution in [2.75, 3.05) is 23.7 Å². The van der Waals surface area contributed by atoms with Gasteiger partial charge in [0.05, 0.1) is 0 Å². The summed E-state index contributed by atoms with van der Waals surface area (Å²) in [4.78, 5) is 8.82. The van der Waals surface area contributed by atoms with E-state index in [4.69, 9.17) is 0 Å². The standard InChI is InChI=1S/C13H24N4/c1-4-6-8-14-12-10-11(3)16-13(17-12)15-9-7-5-2/h10H,4-9H2,1-3H3,(H2,14,15,16,17). The van der Waals surface area contributed by atoms with E-state index in [1.165, 1.54) is 19.3 Å². The number of aryl methyl sites for hydroxylation is 1. The third-order valence-electron chi connectivity index (χ3n) is 2.50. The van der Waals surface area contributed by atoms with E-state index in [1.54, 1.807) is 0 Å². The van der Waals surface area contributed by atoms with E-state index >= 15 is 0 Å². The van der Waals surface area contributed by atoms with Crippen LogP contribution in [0.1, 0.15) is 45.2 Å². The fraction of sp³-hybridized carbons (Fsp3) is 0.692. The van der Waals surface area contributed by atoms with Crippen LogP contribution in [0.4, 0.5) is 11.8 Å². The molecule has 96 valence electrons. The third kappa shape index (κ3) is 5.52. The van der Waals surface area contributed by atoms with Crippen molar-refractivity contribution < 1.29 is 0 Å². The van der Waals surface area contributed by atoms with Gasteiger partial charge in [-0.1, -0.05) is 26.7 Å². The maximum absolute atomic E-state index is 4.44. The first-order chi connectivity index (χ1) is 8.26. The monoisotopic (exact) mass is 236 g/mol. The van der Waals surface area contributed by atoms with Gasteiger partial charge in [0.15, 0.2) is 0 Å². The first kappa shape index (κ1) is 13.7. The van der Waals surface area contributed by atoms with Crippen molar-refractivity contribution >= 4 is 11.8 Å². The highest BCUT2D eigenvalue weighted by Gasteiger charge is 2.00. The normalized spacial score (nSPS) is 10.3. The quantitative estimate of drug-likeness (QED) is 0.680. The number of anilines is 2. The molecular weight excluding hydrogens is 212 g/mol. The summed E-state index contributed by atoms with van der Waals surface area (Å²) >= 11 is 0. The van der Waals surface area contributed by atoms with Crippen molar-refractivity contribution in [2.24, 2.45) is 0 Å². The van der Waals surface area contributed by atoms with Crippen LogP contribution in [0.3, 0.4) is 0 Å². The minimum atomic E-state index is 0.734. The highest BCUT2D eigenvalue weighted by molar-refractivity contribution is 5.41. The molecule has 0 aliphatic rings. The third-order valence-corrected chi connectivity index (χ3v) is 2.50. The van der Waals surface area contributed by atoms with Crippen LogP contribution in [0, 0.1) is 6.92 Å². The van der Waals surface area contributed by atoms with Crippen molar-refractivity contribution in [3.05, 3.63) is 11.8 Å². The summed E-state index contributed by atoms with van der Waals surface area (Å²) in [6.07, 6.45) is 4.69. The molecule has 1 aromatic heterocycles. The van der Waals surface area contributed by atoms with Gasteiger partial charge in [0.2, 0.25) is 5.95 Å². The van der Waals surface area contributed by atoms with Gasteiger partial charge in [-0.2, -0.15) is 4.98 Å². The Morgan fingerprint density at radius 3 is 2.29 bits per heavy atom. The number of nitrogens with one attached hydrogen (secondary N) is 2. The SMILES string of the molecule is CCCCNc1cc(C)nc(NCCCC)n1. The van der Waals surface area contributed by atoms with Gasteiger partial charge in [0.1, 0.15) is 5.82 Å². The van der Waals surface area contributed by atoms with Crippen LogP contribution in [0.5, 0.6) is 0 Å². The summed E-state index contributed by atoms with van der Waals surface area (Å²) < 4.78 is 0. The molecule has 1 rings (SSSR count). The smallest absolute Gasteiger partial charge is 0.224 e. The molecule has 17 heavy (non-hydrogen) atoms. The molecule has 0 amide bonds. The number of hydrogen-bond acceptors (Lipinski definition) is 4. The Morgan fingerprint density at radius 2 is 1.65 bits per heavy atom. The number of hydrogen-bond donors (Lipinski definition) is 2. The molecular formula is C13H24N4. The molecule has 0 spiro atoms. The Hall–Kier alpha value is -1.32. The largest absolute Gasteiger partial charge is 0.370 e. The summed E-state index contributed by atoms with van der Waals surface area (Å²) in [5.41, 5.74) is 0.998. The van der Waals surface area contributed by atoms with Gasteiger partial charge in [0, 0.05) is 24.8 Å². The topological polar surface area (TPSA) is 49.8 Å². The van der Waals surface area contributed by atoms with E-state index < -0.39 is 0 Å². The second-order valence-electron chi connectivity index (χ2n) is 4.28. The number of nitrogens with zero attached hydrogens (tertiary/aromatic N) is 2. The van der Waals surface area contributed by atoms with Crippen LogP contribution in [0.15, 0.2) is 6.07 Å². The van der Waals surface area contributed by atoms with E-state index in [-0.39, 0.29) is 0 Å². The van der Waals surface area contributed by atoms with E-state index in [0.29, 0.717) is 0 Å². The van der Waals surface area contributed by atoms with Gasteiger partial charge in [-0.25, -0.2) is 4.98 Å². The molecule has 2 N–H and O–H groups in total. The maximum Gasteiger partial charge on any atom is 0.224 e. The zero-order valence-electron chi connectivity index (χ0n) is 11.2. The first-order valence-electron chi connectivity index (χ1n) is 6.59. The lowest BCUT2D eigenvalue weighted by Crippen LogP contribution is -2.09.